The predicted octanol–water partition coefficient (Wildman–Crippen LogP) is 2.71. The Bertz CT molecular complexity index is 546. The Morgan fingerprint density at radius 2 is 2.19 bits per heavy atom. The molecule has 1 aliphatic heterocycles. The number of rotatable bonds is 7. The summed E-state index contributed by atoms with van der Waals surface area (Å²) < 4.78 is 27.9. The highest BCUT2D eigenvalue weighted by molar-refractivity contribution is 7.91. The zero-order valence-electron chi connectivity index (χ0n) is 13.1. The van der Waals surface area contributed by atoms with Gasteiger partial charge < -0.3 is 5.32 Å². The van der Waals surface area contributed by atoms with Gasteiger partial charge in [0, 0.05) is 24.0 Å². The van der Waals surface area contributed by atoms with Gasteiger partial charge in [-0.1, -0.05) is 20.8 Å². The molecule has 1 saturated heterocycles. The number of thiophene rings is 1. The maximum Gasteiger partial charge on any atom is 0.252 e. The van der Waals surface area contributed by atoms with E-state index in [1.54, 1.807) is 10.4 Å². The fraction of sp³-hybridized carbons (Fsp3) is 0.733. The molecular weight excluding hydrogens is 304 g/mol. The molecule has 0 saturated carbocycles. The molecule has 0 aliphatic carbocycles. The van der Waals surface area contributed by atoms with Crippen molar-refractivity contribution in [3.05, 3.63) is 17.0 Å². The van der Waals surface area contributed by atoms with Gasteiger partial charge in [-0.05, 0) is 43.9 Å². The van der Waals surface area contributed by atoms with Gasteiger partial charge in [-0.25, -0.2) is 8.42 Å². The van der Waals surface area contributed by atoms with Crippen LogP contribution in [0.3, 0.4) is 0 Å². The molecule has 0 aromatic carbocycles. The largest absolute Gasteiger partial charge is 0.313 e. The first kappa shape index (κ1) is 16.9. The molecule has 0 spiro atoms. The van der Waals surface area contributed by atoms with E-state index in [1.807, 2.05) is 6.07 Å². The molecule has 2 heterocycles. The lowest BCUT2D eigenvalue weighted by Crippen LogP contribution is -2.42. The van der Waals surface area contributed by atoms with E-state index in [4.69, 9.17) is 0 Å². The van der Waals surface area contributed by atoms with Crippen molar-refractivity contribution < 1.29 is 8.42 Å². The van der Waals surface area contributed by atoms with Crippen molar-refractivity contribution in [2.45, 2.75) is 50.3 Å². The van der Waals surface area contributed by atoms with Gasteiger partial charge in [0.25, 0.3) is 10.0 Å². The Kier molecular flexibility index (Phi) is 5.82. The summed E-state index contributed by atoms with van der Waals surface area (Å²) in [5, 5.41) is 3.40. The maximum absolute atomic E-state index is 12.9. The van der Waals surface area contributed by atoms with E-state index >= 15 is 0 Å². The van der Waals surface area contributed by atoms with Gasteiger partial charge in [0.05, 0.1) is 0 Å². The molecule has 1 N–H and O–H groups in total. The van der Waals surface area contributed by atoms with Crippen molar-refractivity contribution in [2.75, 3.05) is 19.6 Å². The summed E-state index contributed by atoms with van der Waals surface area (Å²) in [7, 11) is -3.36. The number of nitrogens with one attached hydrogen (secondary N) is 1. The second-order valence-corrected chi connectivity index (χ2v) is 9.42. The molecule has 1 unspecified atom stereocenters. The van der Waals surface area contributed by atoms with Crippen LogP contribution in [0.25, 0.3) is 0 Å². The minimum atomic E-state index is -3.36. The van der Waals surface area contributed by atoms with Crippen LogP contribution < -0.4 is 5.32 Å². The first-order valence-electron chi connectivity index (χ1n) is 7.75. The van der Waals surface area contributed by atoms with Gasteiger partial charge in [-0.2, -0.15) is 4.31 Å². The van der Waals surface area contributed by atoms with Crippen LogP contribution in [0.4, 0.5) is 0 Å². The van der Waals surface area contributed by atoms with Crippen LogP contribution in [0.15, 0.2) is 16.3 Å². The summed E-state index contributed by atoms with van der Waals surface area (Å²) in [6.07, 6.45) is 3.09. The third-order valence-electron chi connectivity index (χ3n) is 3.73. The lowest BCUT2D eigenvalue weighted by atomic mass is 10.2. The van der Waals surface area contributed by atoms with E-state index in [0.29, 0.717) is 29.3 Å². The molecule has 1 aromatic heterocycles. The van der Waals surface area contributed by atoms with E-state index in [-0.39, 0.29) is 0 Å². The zero-order chi connectivity index (χ0) is 15.5. The lowest BCUT2D eigenvalue weighted by molar-refractivity contribution is 0.337. The Labute approximate surface area is 132 Å². The van der Waals surface area contributed by atoms with Gasteiger partial charge in [0.1, 0.15) is 4.21 Å². The highest BCUT2D eigenvalue weighted by Gasteiger charge is 2.29. The Morgan fingerprint density at radius 3 is 2.71 bits per heavy atom. The molecule has 0 bridgehead atoms. The minimum Gasteiger partial charge on any atom is -0.313 e. The first-order chi connectivity index (χ1) is 9.93. The van der Waals surface area contributed by atoms with E-state index in [0.717, 1.165) is 30.7 Å². The van der Waals surface area contributed by atoms with Gasteiger partial charge in [-0.15, -0.1) is 11.3 Å². The minimum absolute atomic E-state index is 0.295. The maximum atomic E-state index is 12.9. The Hall–Kier alpha value is -0.430. The van der Waals surface area contributed by atoms with Crippen LogP contribution in [0.1, 0.15) is 38.5 Å². The molecule has 120 valence electrons. The summed E-state index contributed by atoms with van der Waals surface area (Å²) in [5.74, 6) is 0.326. The van der Waals surface area contributed by atoms with Crippen LogP contribution in [-0.2, 0) is 16.4 Å². The Balaban J connectivity index is 2.20. The quantitative estimate of drug-likeness (QED) is 0.836. The fourth-order valence-electron chi connectivity index (χ4n) is 2.65. The fourth-order valence-corrected chi connectivity index (χ4v) is 5.75. The molecule has 4 nitrogen and oxygen atoms in total. The van der Waals surface area contributed by atoms with Crippen LogP contribution in [-0.4, -0.2) is 38.4 Å². The third-order valence-corrected chi connectivity index (χ3v) is 7.26. The molecule has 0 amide bonds. The van der Waals surface area contributed by atoms with Crippen molar-refractivity contribution in [1.29, 1.82) is 0 Å². The number of hydrogen-bond acceptors (Lipinski definition) is 4. The standard InChI is InChI=1S/C15H26N2O2S2/c1-4-14-7-8-15(20-14)21(18,19)17(10-12(2)3)11-13-6-5-9-16-13/h7-8,12-13,16H,4-6,9-11H2,1-3H3. The molecule has 21 heavy (non-hydrogen) atoms. The Morgan fingerprint density at radius 1 is 1.43 bits per heavy atom. The van der Waals surface area contributed by atoms with E-state index in [9.17, 15) is 8.42 Å². The molecule has 0 radical (unpaired) electrons. The van der Waals surface area contributed by atoms with Crippen LogP contribution in [0, 0.1) is 5.92 Å². The van der Waals surface area contributed by atoms with Gasteiger partial charge in [-0.3, -0.25) is 0 Å². The van der Waals surface area contributed by atoms with Gasteiger partial charge in [0.15, 0.2) is 0 Å². The highest BCUT2D eigenvalue weighted by Crippen LogP contribution is 2.26. The molecule has 2 rings (SSSR count). The molecular formula is C15H26N2O2S2. The summed E-state index contributed by atoms with van der Waals surface area (Å²) in [6.45, 7) is 8.35. The van der Waals surface area contributed by atoms with Gasteiger partial charge in [0.2, 0.25) is 0 Å². The zero-order valence-corrected chi connectivity index (χ0v) is 14.8. The monoisotopic (exact) mass is 330 g/mol. The average molecular weight is 331 g/mol. The van der Waals surface area contributed by atoms with Crippen molar-refractivity contribution in [1.82, 2.24) is 9.62 Å². The number of nitrogens with zero attached hydrogens (tertiary/aromatic N) is 1. The molecule has 6 heteroatoms. The van der Waals surface area contributed by atoms with E-state index in [2.05, 4.69) is 26.1 Å². The second kappa shape index (κ2) is 7.22. The van der Waals surface area contributed by atoms with Crippen molar-refractivity contribution >= 4 is 21.4 Å². The summed E-state index contributed by atoms with van der Waals surface area (Å²) in [6, 6.07) is 3.98. The summed E-state index contributed by atoms with van der Waals surface area (Å²) in [5.41, 5.74) is 0. The van der Waals surface area contributed by atoms with Crippen LogP contribution in [0.5, 0.6) is 0 Å². The normalized spacial score (nSPS) is 19.8. The third kappa shape index (κ3) is 4.28. The van der Waals surface area contributed by atoms with E-state index in [1.165, 1.54) is 11.3 Å². The first-order valence-corrected chi connectivity index (χ1v) is 10.0. The molecule has 1 atom stereocenters. The van der Waals surface area contributed by atoms with Crippen molar-refractivity contribution in [3.8, 4) is 0 Å². The van der Waals surface area contributed by atoms with Crippen molar-refractivity contribution in [2.24, 2.45) is 5.92 Å². The SMILES string of the molecule is CCc1ccc(S(=O)(=O)N(CC(C)C)CC2CCCN2)s1. The number of sulfonamides is 1. The van der Waals surface area contributed by atoms with Gasteiger partial charge >= 0.3 is 0 Å². The lowest BCUT2D eigenvalue weighted by Gasteiger charge is -2.26. The van der Waals surface area contributed by atoms with E-state index < -0.39 is 10.0 Å². The predicted molar refractivity (Wildman–Crippen MR) is 88.3 cm³/mol. The smallest absolute Gasteiger partial charge is 0.252 e. The topological polar surface area (TPSA) is 49.4 Å². The average Bonchev–Trinajstić information content (AvgIpc) is 3.08. The van der Waals surface area contributed by atoms with Crippen LogP contribution >= 0.6 is 11.3 Å². The van der Waals surface area contributed by atoms with Crippen molar-refractivity contribution in [3.63, 3.8) is 0 Å². The second-order valence-electron chi connectivity index (χ2n) is 6.08. The summed E-state index contributed by atoms with van der Waals surface area (Å²) in [4.78, 5) is 1.12. The van der Waals surface area contributed by atoms with Crippen LogP contribution in [0.2, 0.25) is 0 Å². The molecule has 1 fully saturated rings. The number of aryl methyl sites for hydroxylation is 1. The number of hydrogen-bond donors (Lipinski definition) is 1. The molecule has 1 aromatic rings. The summed E-state index contributed by atoms with van der Waals surface area (Å²) >= 11 is 1.40. The molecule has 1 aliphatic rings. The highest BCUT2D eigenvalue weighted by atomic mass is 32.2.